The topological polar surface area (TPSA) is 89.9 Å². The Balaban J connectivity index is 1.58. The van der Waals surface area contributed by atoms with Crippen molar-refractivity contribution in [3.05, 3.63) is 88.1 Å². The Labute approximate surface area is 186 Å². The summed E-state index contributed by atoms with van der Waals surface area (Å²) in [5.74, 6) is 1.30. The first-order chi connectivity index (χ1) is 15.5. The summed E-state index contributed by atoms with van der Waals surface area (Å²) in [6.07, 6.45) is 4.28. The van der Waals surface area contributed by atoms with Gasteiger partial charge in [0, 0.05) is 6.42 Å². The molecule has 7 heteroatoms. The Hall–Kier alpha value is -3.74. The SMILES string of the molecule is COc1ccc(Cc2nc3c(cnn3C(CCCc3ccccc3)C(C)=O)c(=O)[nH]2)cc1. The van der Waals surface area contributed by atoms with Crippen molar-refractivity contribution in [2.24, 2.45) is 0 Å². The number of rotatable bonds is 9. The molecule has 2 aromatic carbocycles. The Morgan fingerprint density at radius 3 is 2.53 bits per heavy atom. The third-order valence-corrected chi connectivity index (χ3v) is 5.59. The number of fused-ring (bicyclic) bond motifs is 1. The molecule has 2 heterocycles. The van der Waals surface area contributed by atoms with Crippen LogP contribution >= 0.6 is 0 Å². The van der Waals surface area contributed by atoms with Crippen molar-refractivity contribution < 1.29 is 9.53 Å². The van der Waals surface area contributed by atoms with Gasteiger partial charge in [0.05, 0.1) is 13.3 Å². The van der Waals surface area contributed by atoms with E-state index in [4.69, 9.17) is 4.74 Å². The van der Waals surface area contributed by atoms with E-state index in [1.807, 2.05) is 42.5 Å². The van der Waals surface area contributed by atoms with E-state index in [-0.39, 0.29) is 11.3 Å². The number of nitrogens with zero attached hydrogens (tertiary/aromatic N) is 3. The summed E-state index contributed by atoms with van der Waals surface area (Å²) in [6, 6.07) is 17.3. The van der Waals surface area contributed by atoms with Gasteiger partial charge in [0.15, 0.2) is 11.4 Å². The molecule has 0 bridgehead atoms. The highest BCUT2D eigenvalue weighted by molar-refractivity contribution is 5.82. The molecule has 0 spiro atoms. The number of carbonyl (C=O) groups excluding carboxylic acids is 1. The third kappa shape index (κ3) is 4.77. The molecule has 4 aromatic rings. The Kier molecular flexibility index (Phi) is 6.44. The lowest BCUT2D eigenvalue weighted by molar-refractivity contribution is -0.120. The molecule has 0 radical (unpaired) electrons. The number of aromatic nitrogens is 4. The molecular weight excluding hydrogens is 404 g/mol. The maximum absolute atomic E-state index is 12.6. The van der Waals surface area contributed by atoms with E-state index in [0.29, 0.717) is 29.7 Å². The number of hydrogen-bond donors (Lipinski definition) is 1. The molecule has 164 valence electrons. The summed E-state index contributed by atoms with van der Waals surface area (Å²) >= 11 is 0. The van der Waals surface area contributed by atoms with Crippen LogP contribution in [-0.2, 0) is 17.6 Å². The zero-order chi connectivity index (χ0) is 22.5. The maximum atomic E-state index is 12.6. The fourth-order valence-electron chi connectivity index (χ4n) is 3.87. The van der Waals surface area contributed by atoms with Gasteiger partial charge >= 0.3 is 0 Å². The summed E-state index contributed by atoms with van der Waals surface area (Å²) in [6.45, 7) is 1.56. The van der Waals surface area contributed by atoms with Gasteiger partial charge in [-0.3, -0.25) is 9.59 Å². The van der Waals surface area contributed by atoms with E-state index in [9.17, 15) is 9.59 Å². The van der Waals surface area contributed by atoms with Gasteiger partial charge in [0.25, 0.3) is 5.56 Å². The zero-order valence-electron chi connectivity index (χ0n) is 18.2. The molecule has 1 N–H and O–H groups in total. The molecular formula is C25H26N4O3. The van der Waals surface area contributed by atoms with Crippen LogP contribution in [0.15, 0.2) is 65.6 Å². The highest BCUT2D eigenvalue weighted by atomic mass is 16.5. The summed E-state index contributed by atoms with van der Waals surface area (Å²) < 4.78 is 6.80. The molecule has 1 unspecified atom stereocenters. The predicted octanol–water partition coefficient (Wildman–Crippen LogP) is 3.87. The van der Waals surface area contributed by atoms with Crippen LogP contribution in [0.25, 0.3) is 11.0 Å². The second kappa shape index (κ2) is 9.60. The lowest BCUT2D eigenvalue weighted by atomic mass is 10.0. The van der Waals surface area contributed by atoms with Crippen molar-refractivity contribution >= 4 is 16.8 Å². The highest BCUT2D eigenvalue weighted by Crippen LogP contribution is 2.21. The molecule has 7 nitrogen and oxygen atoms in total. The van der Waals surface area contributed by atoms with Gasteiger partial charge < -0.3 is 9.72 Å². The molecule has 1 atom stereocenters. The van der Waals surface area contributed by atoms with E-state index in [2.05, 4.69) is 27.2 Å². The Morgan fingerprint density at radius 1 is 1.09 bits per heavy atom. The monoisotopic (exact) mass is 430 g/mol. The number of methoxy groups -OCH3 is 1. The van der Waals surface area contributed by atoms with Crippen LogP contribution in [0.4, 0.5) is 0 Å². The lowest BCUT2D eigenvalue weighted by Crippen LogP contribution is -2.20. The first-order valence-corrected chi connectivity index (χ1v) is 10.7. The average molecular weight is 431 g/mol. The number of hydrogen-bond acceptors (Lipinski definition) is 5. The first kappa shape index (κ1) is 21.5. The Bertz CT molecular complexity index is 1260. The number of Topliss-reactive ketones (excluding diaryl/α,β-unsaturated/α-hetero) is 1. The number of ether oxygens (including phenoxy) is 1. The summed E-state index contributed by atoms with van der Waals surface area (Å²) in [7, 11) is 1.62. The van der Waals surface area contributed by atoms with Crippen LogP contribution in [-0.4, -0.2) is 32.6 Å². The molecule has 32 heavy (non-hydrogen) atoms. The standard InChI is InChI=1S/C25H26N4O3/c1-17(30)22(10-6-9-18-7-4-3-5-8-18)29-24-21(16-26-29)25(31)28-23(27-24)15-19-11-13-20(32-2)14-12-19/h3-5,7-8,11-14,16,22H,6,9-10,15H2,1-2H3,(H,27,28,31). The fraction of sp³-hybridized carbons (Fsp3) is 0.280. The predicted molar refractivity (Wildman–Crippen MR) is 123 cm³/mol. The van der Waals surface area contributed by atoms with E-state index in [1.165, 1.54) is 11.8 Å². The molecule has 0 amide bonds. The molecule has 0 aliphatic rings. The number of carbonyl (C=O) groups is 1. The van der Waals surface area contributed by atoms with E-state index in [0.717, 1.165) is 24.2 Å². The largest absolute Gasteiger partial charge is 0.497 e. The third-order valence-electron chi connectivity index (χ3n) is 5.59. The normalized spacial score (nSPS) is 12.1. The van der Waals surface area contributed by atoms with Gasteiger partial charge in [-0.1, -0.05) is 42.5 Å². The molecule has 0 saturated heterocycles. The zero-order valence-corrected chi connectivity index (χ0v) is 18.2. The van der Waals surface area contributed by atoms with Crippen molar-refractivity contribution in [3.8, 4) is 5.75 Å². The van der Waals surface area contributed by atoms with Crippen molar-refractivity contribution in [2.75, 3.05) is 7.11 Å². The van der Waals surface area contributed by atoms with Gasteiger partial charge in [-0.15, -0.1) is 0 Å². The van der Waals surface area contributed by atoms with E-state index in [1.54, 1.807) is 18.7 Å². The maximum Gasteiger partial charge on any atom is 0.262 e. The Morgan fingerprint density at radius 2 is 1.84 bits per heavy atom. The van der Waals surface area contributed by atoms with Crippen LogP contribution in [0.5, 0.6) is 5.75 Å². The molecule has 4 rings (SSSR count). The van der Waals surface area contributed by atoms with Crippen LogP contribution in [0, 0.1) is 0 Å². The van der Waals surface area contributed by atoms with Crippen LogP contribution in [0.2, 0.25) is 0 Å². The number of nitrogens with one attached hydrogen (secondary N) is 1. The minimum atomic E-state index is -0.459. The van der Waals surface area contributed by atoms with Crippen LogP contribution < -0.4 is 10.3 Å². The summed E-state index contributed by atoms with van der Waals surface area (Å²) in [5, 5.41) is 4.76. The smallest absolute Gasteiger partial charge is 0.262 e. The summed E-state index contributed by atoms with van der Waals surface area (Å²) in [4.78, 5) is 32.6. The second-order valence-electron chi connectivity index (χ2n) is 7.87. The minimum absolute atomic E-state index is 0.00171. The second-order valence-corrected chi connectivity index (χ2v) is 7.87. The van der Waals surface area contributed by atoms with Crippen molar-refractivity contribution in [1.29, 1.82) is 0 Å². The van der Waals surface area contributed by atoms with Crippen molar-refractivity contribution in [2.45, 2.75) is 38.6 Å². The number of H-pyrrole nitrogens is 1. The van der Waals surface area contributed by atoms with Gasteiger partial charge in [0.2, 0.25) is 0 Å². The fourth-order valence-corrected chi connectivity index (χ4v) is 3.87. The van der Waals surface area contributed by atoms with Crippen LogP contribution in [0.1, 0.15) is 42.8 Å². The van der Waals surface area contributed by atoms with Crippen molar-refractivity contribution in [3.63, 3.8) is 0 Å². The van der Waals surface area contributed by atoms with Crippen molar-refractivity contribution in [1.82, 2.24) is 19.7 Å². The lowest BCUT2D eigenvalue weighted by Gasteiger charge is -2.15. The van der Waals surface area contributed by atoms with E-state index < -0.39 is 6.04 Å². The molecule has 0 fully saturated rings. The average Bonchev–Trinajstić information content (AvgIpc) is 3.22. The molecule has 0 saturated carbocycles. The highest BCUT2D eigenvalue weighted by Gasteiger charge is 2.21. The van der Waals surface area contributed by atoms with Gasteiger partial charge in [0.1, 0.15) is 23.0 Å². The number of aryl methyl sites for hydroxylation is 1. The minimum Gasteiger partial charge on any atom is -0.497 e. The first-order valence-electron chi connectivity index (χ1n) is 10.7. The molecule has 0 aliphatic heterocycles. The molecule has 0 aliphatic carbocycles. The number of aromatic amines is 1. The van der Waals surface area contributed by atoms with Gasteiger partial charge in [-0.2, -0.15) is 5.10 Å². The van der Waals surface area contributed by atoms with Gasteiger partial charge in [-0.25, -0.2) is 9.67 Å². The van der Waals surface area contributed by atoms with Crippen LogP contribution in [0.3, 0.4) is 0 Å². The van der Waals surface area contributed by atoms with Gasteiger partial charge in [-0.05, 0) is 49.4 Å². The number of benzene rings is 2. The number of ketones is 1. The quantitative estimate of drug-likeness (QED) is 0.435. The van der Waals surface area contributed by atoms with E-state index >= 15 is 0 Å². The molecule has 2 aromatic heterocycles. The summed E-state index contributed by atoms with van der Waals surface area (Å²) in [5.41, 5.74) is 2.41.